The Hall–Kier alpha value is -1.22. The Morgan fingerprint density at radius 1 is 1.24 bits per heavy atom. The molecule has 0 spiro atoms. The molecule has 0 radical (unpaired) electrons. The van der Waals surface area contributed by atoms with Gasteiger partial charge < -0.3 is 24.6 Å². The van der Waals surface area contributed by atoms with Crippen molar-refractivity contribution in [3.63, 3.8) is 0 Å². The first kappa shape index (κ1) is 18.6. The predicted octanol–water partition coefficient (Wildman–Crippen LogP) is 0.327. The van der Waals surface area contributed by atoms with Crippen molar-refractivity contribution in [2.45, 2.75) is 57.8 Å². The van der Waals surface area contributed by atoms with E-state index in [1.165, 1.54) is 0 Å². The summed E-state index contributed by atoms with van der Waals surface area (Å²) in [5.74, 6) is 0.732. The van der Waals surface area contributed by atoms with Gasteiger partial charge in [0.15, 0.2) is 0 Å². The fraction of sp³-hybridized carbons (Fsp3) is 0.765. The third-order valence-electron chi connectivity index (χ3n) is 5.43. The predicted molar refractivity (Wildman–Crippen MR) is 98.1 cm³/mol. The minimum absolute atomic E-state index is 0.162. The van der Waals surface area contributed by atoms with Crippen molar-refractivity contribution in [3.8, 4) is 0 Å². The molecule has 2 aliphatic heterocycles. The summed E-state index contributed by atoms with van der Waals surface area (Å²) in [6, 6.07) is 0.368. The SMILES string of the molecule is CC1(C)OB(c2cnc(N3CCC[C@H](NCCO)C3)nc2)OC1(C)C. The van der Waals surface area contributed by atoms with Crippen molar-refractivity contribution in [2.75, 3.05) is 31.1 Å². The summed E-state index contributed by atoms with van der Waals surface area (Å²) in [7, 11) is -0.431. The molecule has 2 fully saturated rings. The number of nitrogens with zero attached hydrogens (tertiary/aromatic N) is 3. The second kappa shape index (κ2) is 7.19. The standard InChI is InChI=1S/C17H29BN4O3/c1-16(2)17(3,4)25-18(24-16)13-10-20-15(21-11-13)22-8-5-6-14(12-22)19-7-9-23/h10-11,14,19,23H,5-9,12H2,1-4H3/t14-/m0/s1. The van der Waals surface area contributed by atoms with E-state index in [0.29, 0.717) is 12.6 Å². The van der Waals surface area contributed by atoms with Gasteiger partial charge in [0, 0.05) is 43.5 Å². The van der Waals surface area contributed by atoms with E-state index in [4.69, 9.17) is 14.4 Å². The van der Waals surface area contributed by atoms with E-state index in [1.54, 1.807) is 12.4 Å². The number of aliphatic hydroxyl groups excluding tert-OH is 1. The summed E-state index contributed by atoms with van der Waals surface area (Å²) in [5.41, 5.74) is 0.109. The first-order valence-electron chi connectivity index (χ1n) is 9.09. The molecule has 8 heteroatoms. The van der Waals surface area contributed by atoms with Gasteiger partial charge in [0.05, 0.1) is 17.8 Å². The van der Waals surface area contributed by atoms with Crippen LogP contribution >= 0.6 is 0 Å². The van der Waals surface area contributed by atoms with E-state index in [-0.39, 0.29) is 17.8 Å². The van der Waals surface area contributed by atoms with Gasteiger partial charge in [-0.3, -0.25) is 0 Å². The van der Waals surface area contributed by atoms with Crippen LogP contribution in [0, 0.1) is 0 Å². The molecule has 2 N–H and O–H groups in total. The number of hydrogen-bond donors (Lipinski definition) is 2. The number of nitrogens with one attached hydrogen (secondary N) is 1. The molecule has 0 saturated carbocycles. The molecule has 138 valence electrons. The van der Waals surface area contributed by atoms with Crippen LogP contribution in [0.3, 0.4) is 0 Å². The molecule has 7 nitrogen and oxygen atoms in total. The lowest BCUT2D eigenvalue weighted by Crippen LogP contribution is -2.47. The number of aromatic nitrogens is 2. The van der Waals surface area contributed by atoms with Crippen molar-refractivity contribution in [1.29, 1.82) is 0 Å². The highest BCUT2D eigenvalue weighted by Crippen LogP contribution is 2.36. The Balaban J connectivity index is 1.65. The van der Waals surface area contributed by atoms with Gasteiger partial charge in [0.25, 0.3) is 0 Å². The lowest BCUT2D eigenvalue weighted by molar-refractivity contribution is 0.00578. The summed E-state index contributed by atoms with van der Waals surface area (Å²) >= 11 is 0. The van der Waals surface area contributed by atoms with Crippen LogP contribution in [0.1, 0.15) is 40.5 Å². The van der Waals surface area contributed by atoms with Gasteiger partial charge in [-0.25, -0.2) is 9.97 Å². The van der Waals surface area contributed by atoms with Crippen LogP contribution in [0.2, 0.25) is 0 Å². The molecule has 2 saturated heterocycles. The van der Waals surface area contributed by atoms with E-state index < -0.39 is 7.12 Å². The lowest BCUT2D eigenvalue weighted by atomic mass is 9.81. The largest absolute Gasteiger partial charge is 0.498 e. The van der Waals surface area contributed by atoms with Gasteiger partial charge in [-0.2, -0.15) is 0 Å². The van der Waals surface area contributed by atoms with Crippen LogP contribution in [-0.4, -0.2) is 65.7 Å². The van der Waals surface area contributed by atoms with Crippen molar-refractivity contribution >= 4 is 18.5 Å². The van der Waals surface area contributed by atoms with Gasteiger partial charge in [-0.15, -0.1) is 0 Å². The van der Waals surface area contributed by atoms with Crippen LogP contribution in [-0.2, 0) is 9.31 Å². The second-order valence-corrected chi connectivity index (χ2v) is 7.87. The molecule has 0 unspecified atom stereocenters. The monoisotopic (exact) mass is 348 g/mol. The maximum atomic E-state index is 8.96. The molecule has 1 aromatic rings. The Kier molecular flexibility index (Phi) is 5.34. The molecule has 1 atom stereocenters. The quantitative estimate of drug-likeness (QED) is 0.742. The normalized spacial score (nSPS) is 25.4. The highest BCUT2D eigenvalue weighted by atomic mass is 16.7. The van der Waals surface area contributed by atoms with E-state index in [2.05, 4.69) is 20.2 Å². The fourth-order valence-corrected chi connectivity index (χ4v) is 3.19. The Morgan fingerprint density at radius 3 is 2.48 bits per heavy atom. The zero-order chi connectivity index (χ0) is 18.1. The third kappa shape index (κ3) is 3.97. The molecule has 0 amide bonds. The van der Waals surface area contributed by atoms with Crippen molar-refractivity contribution in [2.24, 2.45) is 0 Å². The molecule has 0 aromatic carbocycles. The van der Waals surface area contributed by atoms with Gasteiger partial charge in [-0.1, -0.05) is 0 Å². The third-order valence-corrected chi connectivity index (χ3v) is 5.43. The lowest BCUT2D eigenvalue weighted by Gasteiger charge is -2.33. The van der Waals surface area contributed by atoms with E-state index in [1.807, 2.05) is 27.7 Å². The maximum Gasteiger partial charge on any atom is 0.498 e. The van der Waals surface area contributed by atoms with Gasteiger partial charge in [0.2, 0.25) is 5.95 Å². The molecule has 3 rings (SSSR count). The van der Waals surface area contributed by atoms with E-state index in [0.717, 1.165) is 37.3 Å². The molecule has 1 aromatic heterocycles. The van der Waals surface area contributed by atoms with Crippen LogP contribution in [0.25, 0.3) is 0 Å². The number of anilines is 1. The fourth-order valence-electron chi connectivity index (χ4n) is 3.19. The Morgan fingerprint density at radius 2 is 1.88 bits per heavy atom. The van der Waals surface area contributed by atoms with Crippen molar-refractivity contribution in [1.82, 2.24) is 15.3 Å². The minimum Gasteiger partial charge on any atom is -0.399 e. The molecule has 3 heterocycles. The zero-order valence-electron chi connectivity index (χ0n) is 15.7. The molecular weight excluding hydrogens is 319 g/mol. The summed E-state index contributed by atoms with van der Waals surface area (Å²) in [5, 5.41) is 12.3. The van der Waals surface area contributed by atoms with Crippen LogP contribution < -0.4 is 15.7 Å². The van der Waals surface area contributed by atoms with Gasteiger partial charge in [-0.05, 0) is 40.5 Å². The smallest absolute Gasteiger partial charge is 0.399 e. The second-order valence-electron chi connectivity index (χ2n) is 7.87. The summed E-state index contributed by atoms with van der Waals surface area (Å²) in [4.78, 5) is 11.3. The van der Waals surface area contributed by atoms with Crippen LogP contribution in [0.4, 0.5) is 5.95 Å². The van der Waals surface area contributed by atoms with Crippen LogP contribution in [0.5, 0.6) is 0 Å². The Labute approximate surface area is 150 Å². The number of hydrogen-bond acceptors (Lipinski definition) is 7. The topological polar surface area (TPSA) is 79.7 Å². The minimum atomic E-state index is -0.431. The highest BCUT2D eigenvalue weighted by molar-refractivity contribution is 6.61. The molecule has 2 aliphatic rings. The summed E-state index contributed by atoms with van der Waals surface area (Å²) in [6.45, 7) is 10.7. The number of aliphatic hydroxyl groups is 1. The molecule has 25 heavy (non-hydrogen) atoms. The first-order chi connectivity index (χ1) is 11.8. The highest BCUT2D eigenvalue weighted by Gasteiger charge is 2.52. The van der Waals surface area contributed by atoms with Gasteiger partial charge in [0.1, 0.15) is 0 Å². The van der Waals surface area contributed by atoms with E-state index >= 15 is 0 Å². The van der Waals surface area contributed by atoms with E-state index in [9.17, 15) is 0 Å². The molecular formula is C17H29BN4O3. The van der Waals surface area contributed by atoms with Crippen LogP contribution in [0.15, 0.2) is 12.4 Å². The average Bonchev–Trinajstić information content (AvgIpc) is 2.81. The molecule has 0 bridgehead atoms. The number of rotatable bonds is 5. The zero-order valence-corrected chi connectivity index (χ0v) is 15.7. The average molecular weight is 348 g/mol. The maximum absolute atomic E-state index is 8.96. The molecule has 0 aliphatic carbocycles. The first-order valence-corrected chi connectivity index (χ1v) is 9.09. The summed E-state index contributed by atoms with van der Waals surface area (Å²) in [6.07, 6.45) is 5.80. The Bertz CT molecular complexity index is 566. The van der Waals surface area contributed by atoms with Crippen molar-refractivity contribution < 1.29 is 14.4 Å². The van der Waals surface area contributed by atoms with Crippen molar-refractivity contribution in [3.05, 3.63) is 12.4 Å². The van der Waals surface area contributed by atoms with Gasteiger partial charge >= 0.3 is 7.12 Å². The summed E-state index contributed by atoms with van der Waals surface area (Å²) < 4.78 is 12.1. The number of piperidine rings is 1.